The molecule has 0 saturated heterocycles. The predicted octanol–water partition coefficient (Wildman–Crippen LogP) is 11.6. The molecule has 4 heteroatoms. The number of rotatable bonds is 4. The summed E-state index contributed by atoms with van der Waals surface area (Å²) in [4.78, 5) is 6.90. The first-order valence-electron chi connectivity index (χ1n) is 14.4. The SMILES string of the molecule is c1ccc(-c2ccc(N(c3ccc4c(c3)sc3ccccc34)c3cc4oc5ccccc5c4c4cnccc34)cc2)cc1. The number of anilines is 3. The van der Waals surface area contributed by atoms with E-state index in [1.165, 1.54) is 31.3 Å². The third kappa shape index (κ3) is 3.84. The molecule has 3 heterocycles. The van der Waals surface area contributed by atoms with Crippen LogP contribution in [-0.4, -0.2) is 4.98 Å². The third-order valence-corrected chi connectivity index (χ3v) is 9.48. The Labute approximate surface area is 251 Å². The fourth-order valence-corrected chi connectivity index (χ4v) is 7.50. The molecular weight excluding hydrogens is 545 g/mol. The summed E-state index contributed by atoms with van der Waals surface area (Å²) in [6.45, 7) is 0. The van der Waals surface area contributed by atoms with E-state index < -0.39 is 0 Å². The summed E-state index contributed by atoms with van der Waals surface area (Å²) in [6.07, 6.45) is 3.85. The van der Waals surface area contributed by atoms with Crippen molar-refractivity contribution in [2.75, 3.05) is 4.90 Å². The number of para-hydroxylation sites is 1. The number of fused-ring (bicyclic) bond motifs is 8. The van der Waals surface area contributed by atoms with Gasteiger partial charge in [-0.05, 0) is 53.6 Å². The molecule has 0 spiro atoms. The topological polar surface area (TPSA) is 29.3 Å². The Balaban J connectivity index is 1.32. The molecule has 0 aliphatic heterocycles. The van der Waals surface area contributed by atoms with Crippen molar-refractivity contribution >= 4 is 81.3 Å². The van der Waals surface area contributed by atoms with Crippen LogP contribution in [0.25, 0.3) is 64.0 Å². The lowest BCUT2D eigenvalue weighted by Gasteiger charge is -2.27. The summed E-state index contributed by atoms with van der Waals surface area (Å²) in [6, 6.07) is 47.4. The number of pyridine rings is 1. The average Bonchev–Trinajstić information content (AvgIpc) is 3.64. The first-order chi connectivity index (χ1) is 21.3. The van der Waals surface area contributed by atoms with Crippen LogP contribution in [-0.2, 0) is 0 Å². The van der Waals surface area contributed by atoms with E-state index in [2.05, 4.69) is 131 Å². The second kappa shape index (κ2) is 9.55. The van der Waals surface area contributed by atoms with Crippen LogP contribution in [0, 0.1) is 0 Å². The van der Waals surface area contributed by atoms with Gasteiger partial charge in [-0.2, -0.15) is 0 Å². The lowest BCUT2D eigenvalue weighted by atomic mass is 10.0. The van der Waals surface area contributed by atoms with E-state index >= 15 is 0 Å². The molecule has 0 radical (unpaired) electrons. The minimum Gasteiger partial charge on any atom is -0.456 e. The molecule has 0 N–H and O–H groups in total. The zero-order valence-corrected chi connectivity index (χ0v) is 23.9. The van der Waals surface area contributed by atoms with Gasteiger partial charge in [0.2, 0.25) is 0 Å². The zero-order chi connectivity index (χ0) is 28.3. The van der Waals surface area contributed by atoms with Crippen LogP contribution in [0.1, 0.15) is 0 Å². The van der Waals surface area contributed by atoms with E-state index in [0.717, 1.165) is 49.8 Å². The predicted molar refractivity (Wildman–Crippen MR) is 182 cm³/mol. The van der Waals surface area contributed by atoms with Crippen LogP contribution in [0.2, 0.25) is 0 Å². The number of thiophene rings is 1. The zero-order valence-electron chi connectivity index (χ0n) is 23.1. The standard InChI is InChI=1S/C39H24N2OS/c1-2-8-25(9-3-1)26-14-16-27(17-15-26)41(28-18-19-31-30-10-5-7-13-37(30)43-38(31)22-28)34-23-36-39(33-24-40-21-20-29(33)34)32-11-4-6-12-35(32)42-36/h1-24H. The lowest BCUT2D eigenvalue weighted by Crippen LogP contribution is -2.10. The normalized spacial score (nSPS) is 11.7. The van der Waals surface area contributed by atoms with E-state index in [1.54, 1.807) is 0 Å². The molecule has 0 aliphatic rings. The van der Waals surface area contributed by atoms with Gasteiger partial charge in [-0.25, -0.2) is 0 Å². The molecule has 0 amide bonds. The Hall–Kier alpha value is -5.45. The fourth-order valence-electron chi connectivity index (χ4n) is 6.36. The van der Waals surface area contributed by atoms with Gasteiger partial charge in [-0.1, -0.05) is 84.9 Å². The molecule has 9 rings (SSSR count). The van der Waals surface area contributed by atoms with Crippen LogP contribution >= 0.6 is 11.3 Å². The molecule has 0 unspecified atom stereocenters. The fraction of sp³-hybridized carbons (Fsp3) is 0. The molecule has 3 nitrogen and oxygen atoms in total. The molecule has 0 aliphatic carbocycles. The highest BCUT2D eigenvalue weighted by Gasteiger charge is 2.21. The van der Waals surface area contributed by atoms with Crippen molar-refractivity contribution in [1.82, 2.24) is 4.98 Å². The van der Waals surface area contributed by atoms with Gasteiger partial charge in [-0.3, -0.25) is 4.98 Å². The number of benzene rings is 6. The first kappa shape index (κ1) is 24.2. The van der Waals surface area contributed by atoms with Crippen molar-refractivity contribution in [3.05, 3.63) is 146 Å². The smallest absolute Gasteiger partial charge is 0.138 e. The highest BCUT2D eigenvalue weighted by Crippen LogP contribution is 2.46. The number of hydrogen-bond donors (Lipinski definition) is 0. The van der Waals surface area contributed by atoms with Gasteiger partial charge in [0.25, 0.3) is 0 Å². The number of aromatic nitrogens is 1. The maximum atomic E-state index is 6.46. The molecule has 202 valence electrons. The number of furan rings is 1. The second-order valence-electron chi connectivity index (χ2n) is 10.8. The minimum atomic E-state index is 0.852. The van der Waals surface area contributed by atoms with Gasteiger partial charge in [0.1, 0.15) is 11.2 Å². The third-order valence-electron chi connectivity index (χ3n) is 8.35. The van der Waals surface area contributed by atoms with Crippen molar-refractivity contribution in [3.63, 3.8) is 0 Å². The van der Waals surface area contributed by atoms with E-state index in [0.29, 0.717) is 0 Å². The molecule has 9 aromatic rings. The van der Waals surface area contributed by atoms with E-state index in [1.807, 2.05) is 35.9 Å². The first-order valence-corrected chi connectivity index (χ1v) is 15.2. The van der Waals surface area contributed by atoms with Gasteiger partial charge in [0, 0.05) is 71.6 Å². The second-order valence-corrected chi connectivity index (χ2v) is 11.9. The lowest BCUT2D eigenvalue weighted by molar-refractivity contribution is 0.669. The summed E-state index contributed by atoms with van der Waals surface area (Å²) in [5.41, 5.74) is 7.35. The van der Waals surface area contributed by atoms with Crippen molar-refractivity contribution < 1.29 is 4.42 Å². The highest BCUT2D eigenvalue weighted by atomic mass is 32.1. The number of nitrogens with zero attached hydrogens (tertiary/aromatic N) is 2. The van der Waals surface area contributed by atoms with E-state index in [-0.39, 0.29) is 0 Å². The Morgan fingerprint density at radius 3 is 2.12 bits per heavy atom. The van der Waals surface area contributed by atoms with Crippen molar-refractivity contribution in [2.45, 2.75) is 0 Å². The van der Waals surface area contributed by atoms with Gasteiger partial charge in [-0.15, -0.1) is 11.3 Å². The quantitative estimate of drug-likeness (QED) is 0.211. The molecule has 6 aromatic carbocycles. The van der Waals surface area contributed by atoms with Crippen LogP contribution < -0.4 is 4.90 Å². The summed E-state index contributed by atoms with van der Waals surface area (Å²) in [7, 11) is 0. The van der Waals surface area contributed by atoms with Crippen LogP contribution in [0.5, 0.6) is 0 Å². The molecule has 0 atom stereocenters. The van der Waals surface area contributed by atoms with Crippen molar-refractivity contribution in [1.29, 1.82) is 0 Å². The van der Waals surface area contributed by atoms with E-state index in [4.69, 9.17) is 4.42 Å². The maximum absolute atomic E-state index is 6.46. The number of hydrogen-bond acceptors (Lipinski definition) is 4. The average molecular weight is 569 g/mol. The van der Waals surface area contributed by atoms with Crippen LogP contribution in [0.15, 0.2) is 150 Å². The maximum Gasteiger partial charge on any atom is 0.138 e. The summed E-state index contributed by atoms with van der Waals surface area (Å²) in [5, 5.41) is 6.99. The molecule has 0 saturated carbocycles. The van der Waals surface area contributed by atoms with Gasteiger partial charge in [0.05, 0.1) is 5.69 Å². The van der Waals surface area contributed by atoms with Gasteiger partial charge >= 0.3 is 0 Å². The highest BCUT2D eigenvalue weighted by molar-refractivity contribution is 7.25. The molecule has 3 aromatic heterocycles. The molecule has 43 heavy (non-hydrogen) atoms. The molecule has 0 fully saturated rings. The largest absolute Gasteiger partial charge is 0.456 e. The van der Waals surface area contributed by atoms with E-state index in [9.17, 15) is 0 Å². The molecular formula is C39H24N2OS. The van der Waals surface area contributed by atoms with Crippen LogP contribution in [0.3, 0.4) is 0 Å². The van der Waals surface area contributed by atoms with Gasteiger partial charge in [0.15, 0.2) is 0 Å². The van der Waals surface area contributed by atoms with Crippen molar-refractivity contribution in [3.8, 4) is 11.1 Å². The molecule has 0 bridgehead atoms. The minimum absolute atomic E-state index is 0.852. The Morgan fingerprint density at radius 1 is 0.512 bits per heavy atom. The van der Waals surface area contributed by atoms with Gasteiger partial charge < -0.3 is 9.32 Å². The summed E-state index contributed by atoms with van der Waals surface area (Å²) >= 11 is 1.84. The Bertz CT molecular complexity index is 2460. The summed E-state index contributed by atoms with van der Waals surface area (Å²) in [5.74, 6) is 0. The monoisotopic (exact) mass is 568 g/mol. The van der Waals surface area contributed by atoms with Crippen molar-refractivity contribution in [2.24, 2.45) is 0 Å². The van der Waals surface area contributed by atoms with Crippen LogP contribution in [0.4, 0.5) is 17.1 Å². The Kier molecular flexibility index (Phi) is 5.37. The Morgan fingerprint density at radius 2 is 1.23 bits per heavy atom. The summed E-state index contributed by atoms with van der Waals surface area (Å²) < 4.78 is 9.02.